The van der Waals surface area contributed by atoms with Gasteiger partial charge in [0.25, 0.3) is 0 Å². The number of carboxylic acids is 1. The maximum absolute atomic E-state index is 11.5. The number of carbonyl (C=O) groups excluding carboxylic acids is 1. The number of rotatable bonds is 39. The first-order valence-electron chi connectivity index (χ1n) is 16.6. The average Bonchev–Trinajstić information content (AvgIpc) is 3.02. The lowest BCUT2D eigenvalue weighted by Gasteiger charge is -2.16. The van der Waals surface area contributed by atoms with Crippen LogP contribution in [-0.4, -0.2) is 171 Å². The second kappa shape index (κ2) is 36.0. The Hall–Kier alpha value is -1.28. The standard InChI is InChI=1S/C31H62O15Si/c1-47(2,3)46-29-27-44-25-23-42-21-19-40-17-15-38-13-11-36-9-8-35-10-12-37-14-16-39-18-20-41-22-24-43-26-28-45-31(34)7-5-4-6-30(32)33/h4-29H2,1-3H3,(H,32,33). The fraction of sp³-hybridized carbons (Fsp3) is 0.935. The predicted molar refractivity (Wildman–Crippen MR) is 175 cm³/mol. The van der Waals surface area contributed by atoms with E-state index in [0.717, 1.165) is 0 Å². The van der Waals surface area contributed by atoms with E-state index < -0.39 is 14.3 Å². The zero-order valence-electron chi connectivity index (χ0n) is 29.0. The van der Waals surface area contributed by atoms with Gasteiger partial charge in [-0.3, -0.25) is 9.59 Å². The SMILES string of the molecule is C[Si](C)(C)OCCOCCOCCOCCOCCOCCOCCOCCOCCOCCOCCOC(=O)CCCCC(=O)O. The van der Waals surface area contributed by atoms with Crippen LogP contribution in [0.1, 0.15) is 25.7 Å². The van der Waals surface area contributed by atoms with Gasteiger partial charge >= 0.3 is 11.9 Å². The van der Waals surface area contributed by atoms with Crippen molar-refractivity contribution < 1.29 is 71.2 Å². The molecule has 16 heteroatoms. The molecule has 0 aliphatic rings. The minimum Gasteiger partial charge on any atom is -0.481 e. The van der Waals surface area contributed by atoms with Gasteiger partial charge in [-0.2, -0.15) is 0 Å². The fourth-order valence-corrected chi connectivity index (χ4v) is 4.02. The van der Waals surface area contributed by atoms with Crippen LogP contribution in [0.3, 0.4) is 0 Å². The summed E-state index contributed by atoms with van der Waals surface area (Å²) in [5.74, 6) is -1.21. The van der Waals surface area contributed by atoms with Gasteiger partial charge in [0, 0.05) is 12.8 Å². The lowest BCUT2D eigenvalue weighted by molar-refractivity contribution is -0.146. The summed E-state index contributed by atoms with van der Waals surface area (Å²) in [6, 6.07) is 0. The van der Waals surface area contributed by atoms with Crippen molar-refractivity contribution in [2.45, 2.75) is 45.3 Å². The molecule has 0 aromatic heterocycles. The number of esters is 1. The van der Waals surface area contributed by atoms with E-state index in [4.69, 9.17) is 61.6 Å². The lowest BCUT2D eigenvalue weighted by atomic mass is 10.2. The molecule has 0 amide bonds. The number of hydrogen-bond acceptors (Lipinski definition) is 14. The summed E-state index contributed by atoms with van der Waals surface area (Å²) < 4.78 is 65.1. The number of carbonyl (C=O) groups is 2. The molecule has 0 aromatic carbocycles. The Balaban J connectivity index is 3.11. The monoisotopic (exact) mass is 702 g/mol. The van der Waals surface area contributed by atoms with Crippen LogP contribution in [0.4, 0.5) is 0 Å². The minimum absolute atomic E-state index is 0.0605. The Morgan fingerprint density at radius 3 is 0.936 bits per heavy atom. The van der Waals surface area contributed by atoms with Crippen LogP contribution in [-0.2, 0) is 66.1 Å². The number of hydrogen-bond donors (Lipinski definition) is 1. The largest absolute Gasteiger partial charge is 0.481 e. The highest BCUT2D eigenvalue weighted by Gasteiger charge is 2.13. The molecule has 0 saturated heterocycles. The maximum Gasteiger partial charge on any atom is 0.305 e. The Morgan fingerprint density at radius 2 is 0.660 bits per heavy atom. The summed E-state index contributed by atoms with van der Waals surface area (Å²) in [6.45, 7) is 16.9. The van der Waals surface area contributed by atoms with Crippen molar-refractivity contribution in [1.82, 2.24) is 0 Å². The smallest absolute Gasteiger partial charge is 0.305 e. The molecule has 0 heterocycles. The molecule has 47 heavy (non-hydrogen) atoms. The van der Waals surface area contributed by atoms with E-state index in [0.29, 0.717) is 145 Å². The Labute approximate surface area is 282 Å². The van der Waals surface area contributed by atoms with Crippen LogP contribution in [0.15, 0.2) is 0 Å². The second-order valence-electron chi connectivity index (χ2n) is 10.9. The van der Waals surface area contributed by atoms with Gasteiger partial charge in [0.05, 0.1) is 139 Å². The molecule has 1 N–H and O–H groups in total. The first kappa shape index (κ1) is 45.7. The van der Waals surface area contributed by atoms with E-state index in [1.807, 2.05) is 0 Å². The number of ether oxygens (including phenoxy) is 11. The lowest BCUT2D eigenvalue weighted by Crippen LogP contribution is -2.27. The van der Waals surface area contributed by atoms with E-state index in [-0.39, 0.29) is 32.0 Å². The molecular formula is C31H62O15Si. The number of aliphatic carboxylic acids is 1. The third kappa shape index (κ3) is 42.7. The summed E-state index contributed by atoms with van der Waals surface area (Å²) in [5.41, 5.74) is 0. The molecule has 0 saturated carbocycles. The van der Waals surface area contributed by atoms with Gasteiger partial charge < -0.3 is 61.6 Å². The molecule has 0 rings (SSSR count). The summed E-state index contributed by atoms with van der Waals surface area (Å²) in [4.78, 5) is 21.9. The van der Waals surface area contributed by atoms with Crippen molar-refractivity contribution in [1.29, 1.82) is 0 Å². The van der Waals surface area contributed by atoms with Gasteiger partial charge in [-0.15, -0.1) is 0 Å². The van der Waals surface area contributed by atoms with Crippen LogP contribution in [0.2, 0.25) is 19.6 Å². The molecule has 280 valence electrons. The zero-order chi connectivity index (χ0) is 34.5. The van der Waals surface area contributed by atoms with E-state index >= 15 is 0 Å². The van der Waals surface area contributed by atoms with Crippen molar-refractivity contribution in [3.63, 3.8) is 0 Å². The van der Waals surface area contributed by atoms with Crippen LogP contribution in [0.25, 0.3) is 0 Å². The van der Waals surface area contributed by atoms with Crippen LogP contribution >= 0.6 is 0 Å². The number of carboxylic acid groups (broad SMARTS) is 1. The third-order valence-corrected chi connectivity index (χ3v) is 6.69. The van der Waals surface area contributed by atoms with E-state index in [1.54, 1.807) is 0 Å². The summed E-state index contributed by atoms with van der Waals surface area (Å²) in [6.07, 6.45) is 1.24. The summed E-state index contributed by atoms with van der Waals surface area (Å²) >= 11 is 0. The molecule has 0 aromatic rings. The van der Waals surface area contributed by atoms with Gasteiger partial charge in [-0.05, 0) is 32.5 Å². The van der Waals surface area contributed by atoms with Crippen LogP contribution in [0, 0.1) is 0 Å². The molecule has 0 atom stereocenters. The average molecular weight is 703 g/mol. The maximum atomic E-state index is 11.5. The first-order chi connectivity index (χ1) is 22.8. The Kier molecular flexibility index (Phi) is 35.0. The fourth-order valence-electron chi connectivity index (χ4n) is 3.32. The van der Waals surface area contributed by atoms with Crippen LogP contribution < -0.4 is 0 Å². The Morgan fingerprint density at radius 1 is 0.404 bits per heavy atom. The molecule has 0 spiro atoms. The van der Waals surface area contributed by atoms with Gasteiger partial charge in [0.15, 0.2) is 8.32 Å². The molecule has 0 aliphatic carbocycles. The van der Waals surface area contributed by atoms with Crippen molar-refractivity contribution in [2.75, 3.05) is 145 Å². The zero-order valence-corrected chi connectivity index (χ0v) is 30.0. The minimum atomic E-state index is -1.46. The van der Waals surface area contributed by atoms with E-state index in [1.165, 1.54) is 0 Å². The Bertz CT molecular complexity index is 682. The third-order valence-electron chi connectivity index (χ3n) is 5.62. The van der Waals surface area contributed by atoms with Gasteiger partial charge in [-0.1, -0.05) is 0 Å². The second-order valence-corrected chi connectivity index (χ2v) is 15.4. The van der Waals surface area contributed by atoms with Gasteiger partial charge in [0.2, 0.25) is 0 Å². The molecule has 0 aliphatic heterocycles. The van der Waals surface area contributed by atoms with Crippen molar-refractivity contribution >= 4 is 20.3 Å². The quantitative estimate of drug-likeness (QED) is 0.0563. The number of unbranched alkanes of at least 4 members (excludes halogenated alkanes) is 1. The molecule has 0 radical (unpaired) electrons. The summed E-state index contributed by atoms with van der Waals surface area (Å²) in [5, 5.41) is 8.55. The molecule has 0 unspecified atom stereocenters. The predicted octanol–water partition coefficient (Wildman–Crippen LogP) is 2.19. The highest BCUT2D eigenvalue weighted by Crippen LogP contribution is 2.02. The molecule has 0 fully saturated rings. The van der Waals surface area contributed by atoms with E-state index in [2.05, 4.69) is 19.6 Å². The topological polar surface area (TPSA) is 165 Å². The van der Waals surface area contributed by atoms with Crippen LogP contribution in [0.5, 0.6) is 0 Å². The van der Waals surface area contributed by atoms with Gasteiger partial charge in [-0.25, -0.2) is 0 Å². The van der Waals surface area contributed by atoms with Crippen molar-refractivity contribution in [2.24, 2.45) is 0 Å². The first-order valence-corrected chi connectivity index (χ1v) is 20.0. The molecule has 15 nitrogen and oxygen atoms in total. The van der Waals surface area contributed by atoms with Crippen molar-refractivity contribution in [3.05, 3.63) is 0 Å². The highest BCUT2D eigenvalue weighted by atomic mass is 28.4. The molecule has 0 bridgehead atoms. The van der Waals surface area contributed by atoms with Gasteiger partial charge in [0.1, 0.15) is 6.61 Å². The summed E-state index contributed by atoms with van der Waals surface area (Å²) in [7, 11) is -1.46. The highest BCUT2D eigenvalue weighted by molar-refractivity contribution is 6.69. The van der Waals surface area contributed by atoms with E-state index in [9.17, 15) is 9.59 Å². The molecular weight excluding hydrogens is 640 g/mol. The van der Waals surface area contributed by atoms with Crippen molar-refractivity contribution in [3.8, 4) is 0 Å². The normalized spacial score (nSPS) is 11.7.